The Labute approximate surface area is 162 Å². The van der Waals surface area contributed by atoms with Crippen molar-refractivity contribution in [1.82, 2.24) is 15.1 Å². The first-order chi connectivity index (χ1) is 13.0. The molecule has 2 aliphatic rings. The molecule has 2 saturated heterocycles. The molecular formula is C22H32N4O. The van der Waals surface area contributed by atoms with E-state index >= 15 is 0 Å². The van der Waals surface area contributed by atoms with Crippen molar-refractivity contribution in [3.63, 3.8) is 0 Å². The number of benzene rings is 1. The number of aromatic amines is 1. The maximum absolute atomic E-state index is 10.6. The molecule has 3 heterocycles. The van der Waals surface area contributed by atoms with Crippen LogP contribution in [0.5, 0.6) is 0 Å². The summed E-state index contributed by atoms with van der Waals surface area (Å²) in [4.78, 5) is 5.04. The van der Waals surface area contributed by atoms with Crippen LogP contribution in [-0.2, 0) is 6.42 Å². The third kappa shape index (κ3) is 4.19. The fourth-order valence-electron chi connectivity index (χ4n) is 4.86. The second-order valence-corrected chi connectivity index (χ2v) is 8.59. The minimum Gasteiger partial charge on any atom is -0.391 e. The molecule has 2 aromatic rings. The van der Waals surface area contributed by atoms with E-state index in [2.05, 4.69) is 58.1 Å². The quantitative estimate of drug-likeness (QED) is 0.871. The largest absolute Gasteiger partial charge is 0.391 e. The van der Waals surface area contributed by atoms with Crippen molar-refractivity contribution in [2.75, 3.05) is 31.1 Å². The van der Waals surface area contributed by atoms with Crippen LogP contribution in [0.3, 0.4) is 0 Å². The first-order valence-electron chi connectivity index (χ1n) is 10.2. The van der Waals surface area contributed by atoms with Crippen molar-refractivity contribution in [2.24, 2.45) is 5.92 Å². The lowest BCUT2D eigenvalue weighted by molar-refractivity contribution is 0.131. The molecule has 4 rings (SSSR count). The molecule has 0 amide bonds. The number of piperidine rings is 1. The lowest BCUT2D eigenvalue weighted by atomic mass is 9.99. The number of aromatic nitrogens is 2. The van der Waals surface area contributed by atoms with Gasteiger partial charge in [0.2, 0.25) is 0 Å². The molecule has 27 heavy (non-hydrogen) atoms. The van der Waals surface area contributed by atoms with Crippen molar-refractivity contribution in [1.29, 1.82) is 0 Å². The van der Waals surface area contributed by atoms with Gasteiger partial charge in [0.1, 0.15) is 0 Å². The molecule has 2 fully saturated rings. The van der Waals surface area contributed by atoms with Crippen LogP contribution >= 0.6 is 0 Å². The highest BCUT2D eigenvalue weighted by Crippen LogP contribution is 2.29. The van der Waals surface area contributed by atoms with Crippen LogP contribution in [0.25, 0.3) is 0 Å². The highest BCUT2D eigenvalue weighted by molar-refractivity contribution is 5.51. The second-order valence-electron chi connectivity index (χ2n) is 8.59. The van der Waals surface area contributed by atoms with Crippen LogP contribution < -0.4 is 4.90 Å². The normalized spacial score (nSPS) is 24.7. The number of H-pyrrole nitrogens is 1. The highest BCUT2D eigenvalue weighted by Gasteiger charge is 2.36. The first kappa shape index (κ1) is 18.5. The van der Waals surface area contributed by atoms with Gasteiger partial charge < -0.3 is 10.0 Å². The molecule has 0 spiro atoms. The lowest BCUT2D eigenvalue weighted by Crippen LogP contribution is -2.44. The minimum absolute atomic E-state index is 0.237. The molecule has 5 heteroatoms. The van der Waals surface area contributed by atoms with Gasteiger partial charge in [0.15, 0.2) is 0 Å². The number of hydrogen-bond acceptors (Lipinski definition) is 4. The van der Waals surface area contributed by atoms with Crippen molar-refractivity contribution in [3.8, 4) is 0 Å². The van der Waals surface area contributed by atoms with Gasteiger partial charge in [-0.15, -0.1) is 0 Å². The summed E-state index contributed by atoms with van der Waals surface area (Å²) in [5.41, 5.74) is 6.20. The molecule has 0 aliphatic carbocycles. The molecule has 0 saturated carbocycles. The third-order valence-electron chi connectivity index (χ3n) is 6.22. The van der Waals surface area contributed by atoms with Gasteiger partial charge >= 0.3 is 0 Å². The van der Waals surface area contributed by atoms with E-state index < -0.39 is 0 Å². The smallest absolute Gasteiger partial charge is 0.0711 e. The van der Waals surface area contributed by atoms with Crippen molar-refractivity contribution in [2.45, 2.75) is 52.2 Å². The Balaban J connectivity index is 1.33. The molecule has 0 radical (unpaired) electrons. The number of aliphatic hydroxyl groups excluding tert-OH is 1. The zero-order chi connectivity index (χ0) is 19.0. The minimum atomic E-state index is -0.237. The molecule has 0 unspecified atom stereocenters. The van der Waals surface area contributed by atoms with Gasteiger partial charge in [-0.3, -0.25) is 10.00 Å². The zero-order valence-corrected chi connectivity index (χ0v) is 16.8. The lowest BCUT2D eigenvalue weighted by Gasteiger charge is -2.38. The Morgan fingerprint density at radius 3 is 2.37 bits per heavy atom. The third-order valence-corrected chi connectivity index (χ3v) is 6.22. The van der Waals surface area contributed by atoms with E-state index in [-0.39, 0.29) is 6.10 Å². The first-order valence-corrected chi connectivity index (χ1v) is 10.2. The van der Waals surface area contributed by atoms with Gasteiger partial charge in [0.05, 0.1) is 11.8 Å². The molecule has 2 aliphatic heterocycles. The number of likely N-dealkylation sites (tertiary alicyclic amines) is 1. The van der Waals surface area contributed by atoms with Gasteiger partial charge in [-0.25, -0.2) is 0 Å². The number of nitrogens with one attached hydrogen (secondary N) is 1. The second kappa shape index (κ2) is 7.64. The number of hydrogen-bond donors (Lipinski definition) is 2. The molecule has 0 bridgehead atoms. The number of nitrogens with zero attached hydrogens (tertiary/aromatic N) is 3. The Morgan fingerprint density at radius 1 is 1.04 bits per heavy atom. The molecular weight excluding hydrogens is 336 g/mol. The van der Waals surface area contributed by atoms with E-state index in [4.69, 9.17) is 0 Å². The number of anilines is 1. The molecule has 2 atom stereocenters. The Kier molecular flexibility index (Phi) is 5.24. The predicted molar refractivity (Wildman–Crippen MR) is 109 cm³/mol. The summed E-state index contributed by atoms with van der Waals surface area (Å²) in [7, 11) is 0. The molecule has 1 aromatic carbocycles. The topological polar surface area (TPSA) is 55.4 Å². The fourth-order valence-corrected chi connectivity index (χ4v) is 4.86. The van der Waals surface area contributed by atoms with Crippen molar-refractivity contribution in [3.05, 3.63) is 46.8 Å². The van der Waals surface area contributed by atoms with Crippen molar-refractivity contribution >= 4 is 5.69 Å². The maximum Gasteiger partial charge on any atom is 0.0711 e. The van der Waals surface area contributed by atoms with Gasteiger partial charge in [0.25, 0.3) is 0 Å². The zero-order valence-electron chi connectivity index (χ0n) is 16.8. The van der Waals surface area contributed by atoms with Crippen LogP contribution in [0.4, 0.5) is 5.69 Å². The number of aliphatic hydroxyl groups is 1. The van der Waals surface area contributed by atoms with Crippen LogP contribution in [0, 0.1) is 26.7 Å². The van der Waals surface area contributed by atoms with Crippen LogP contribution in [0.2, 0.25) is 0 Å². The summed E-state index contributed by atoms with van der Waals surface area (Å²) in [6.07, 6.45) is 2.98. The molecule has 1 aromatic heterocycles. The summed E-state index contributed by atoms with van der Waals surface area (Å²) in [6, 6.07) is 9.53. The van der Waals surface area contributed by atoms with Crippen LogP contribution in [-0.4, -0.2) is 58.5 Å². The average Bonchev–Trinajstić information content (AvgIpc) is 3.20. The van der Waals surface area contributed by atoms with Crippen LogP contribution in [0.15, 0.2) is 24.3 Å². The maximum atomic E-state index is 10.6. The SMILES string of the molecule is Cc1cc(C)cc(N2CCC(N3C[C@@H](Cc4cc(C)[nH]n4)[C@H](O)C3)CC2)c1. The number of rotatable bonds is 4. The summed E-state index contributed by atoms with van der Waals surface area (Å²) >= 11 is 0. The van der Waals surface area contributed by atoms with Gasteiger partial charge in [-0.2, -0.15) is 5.10 Å². The van der Waals surface area contributed by atoms with Crippen LogP contribution in [0.1, 0.15) is 35.4 Å². The predicted octanol–water partition coefficient (Wildman–Crippen LogP) is 2.84. The Morgan fingerprint density at radius 2 is 1.74 bits per heavy atom. The molecule has 5 nitrogen and oxygen atoms in total. The van der Waals surface area contributed by atoms with E-state index in [0.29, 0.717) is 12.0 Å². The number of aryl methyl sites for hydroxylation is 3. The van der Waals surface area contributed by atoms with E-state index in [0.717, 1.165) is 44.0 Å². The molecule has 2 N–H and O–H groups in total. The van der Waals surface area contributed by atoms with Crippen molar-refractivity contribution < 1.29 is 5.11 Å². The van der Waals surface area contributed by atoms with Gasteiger partial charge in [-0.1, -0.05) is 6.07 Å². The van der Waals surface area contributed by atoms with Gasteiger partial charge in [0, 0.05) is 49.5 Å². The van der Waals surface area contributed by atoms with E-state index in [9.17, 15) is 5.11 Å². The summed E-state index contributed by atoms with van der Waals surface area (Å²) in [6.45, 7) is 10.4. The van der Waals surface area contributed by atoms with E-state index in [1.54, 1.807) is 0 Å². The monoisotopic (exact) mass is 368 g/mol. The highest BCUT2D eigenvalue weighted by atomic mass is 16.3. The Bertz CT molecular complexity index is 758. The van der Waals surface area contributed by atoms with Gasteiger partial charge in [-0.05, 0) is 69.4 Å². The molecule has 146 valence electrons. The van der Waals surface area contributed by atoms with E-state index in [1.165, 1.54) is 29.7 Å². The summed E-state index contributed by atoms with van der Waals surface area (Å²) in [5.74, 6) is 0.296. The summed E-state index contributed by atoms with van der Waals surface area (Å²) in [5, 5.41) is 17.9. The number of β-amino-alcohol motifs (C(OH)–C–C–N with tert-alkyl or cyclic N) is 1. The fraction of sp³-hybridized carbons (Fsp3) is 0.591. The summed E-state index contributed by atoms with van der Waals surface area (Å²) < 4.78 is 0. The standard InChI is InChI=1S/C22H32N4O/c1-15-8-16(2)10-21(9-15)25-6-4-20(5-7-25)26-13-18(22(27)14-26)12-19-11-17(3)23-24-19/h8-11,18,20,22,27H,4-7,12-14H2,1-3H3,(H,23,24)/t18-,22-/m1/s1. The van der Waals surface area contributed by atoms with E-state index in [1.807, 2.05) is 6.92 Å². The Hall–Kier alpha value is -1.85. The average molecular weight is 369 g/mol.